The first-order valence-corrected chi connectivity index (χ1v) is 5.60. The fourth-order valence-corrected chi connectivity index (χ4v) is 1.41. The van der Waals surface area contributed by atoms with Crippen molar-refractivity contribution in [2.45, 2.75) is 59.0 Å². The Morgan fingerprint density at radius 1 is 1.43 bits per heavy atom. The lowest BCUT2D eigenvalue weighted by atomic mass is 10.1. The smallest absolute Gasteiger partial charge is 0.0584 e. The predicted octanol–water partition coefficient (Wildman–Crippen LogP) is 2.48. The van der Waals surface area contributed by atoms with Crippen molar-refractivity contribution in [2.75, 3.05) is 6.61 Å². The molecule has 0 aliphatic carbocycles. The maximum Gasteiger partial charge on any atom is 0.0584 e. The molecule has 0 saturated carbocycles. The van der Waals surface area contributed by atoms with Crippen molar-refractivity contribution in [1.82, 2.24) is 5.32 Å². The van der Waals surface area contributed by atoms with Crippen LogP contribution in [0.3, 0.4) is 0 Å². The molecule has 0 aromatic carbocycles. The molecular weight excluding hydrogens is 174 g/mol. The van der Waals surface area contributed by atoms with Crippen molar-refractivity contribution in [2.24, 2.45) is 0 Å². The van der Waals surface area contributed by atoms with Crippen LogP contribution in [-0.2, 0) is 0 Å². The molecule has 2 N–H and O–H groups in total. The molecule has 0 fully saturated rings. The van der Waals surface area contributed by atoms with Gasteiger partial charge in [0.2, 0.25) is 0 Å². The third kappa shape index (κ3) is 7.10. The van der Waals surface area contributed by atoms with Crippen molar-refractivity contribution >= 4 is 0 Å². The van der Waals surface area contributed by atoms with Crippen LogP contribution in [0.1, 0.15) is 47.0 Å². The summed E-state index contributed by atoms with van der Waals surface area (Å²) in [4.78, 5) is 0. The maximum atomic E-state index is 9.01. The number of rotatable bonds is 7. The Morgan fingerprint density at radius 3 is 2.50 bits per heavy atom. The number of aliphatic hydroxyl groups is 1. The topological polar surface area (TPSA) is 32.3 Å². The standard InChI is InChI=1S/C12H25NO/c1-5-12(9-14)13-11(4)8-6-7-10(2)3/h7,11-14H,5-6,8-9H2,1-4H3/t11?,12-/m1/s1. The highest BCUT2D eigenvalue weighted by atomic mass is 16.3. The predicted molar refractivity (Wildman–Crippen MR) is 62.4 cm³/mol. The monoisotopic (exact) mass is 199 g/mol. The van der Waals surface area contributed by atoms with Crippen molar-refractivity contribution in [3.05, 3.63) is 11.6 Å². The van der Waals surface area contributed by atoms with Crippen LogP contribution in [0.5, 0.6) is 0 Å². The molecule has 0 amide bonds. The lowest BCUT2D eigenvalue weighted by Gasteiger charge is -2.19. The average Bonchev–Trinajstić information content (AvgIpc) is 2.13. The molecule has 2 atom stereocenters. The van der Waals surface area contributed by atoms with Gasteiger partial charge in [-0.1, -0.05) is 18.6 Å². The van der Waals surface area contributed by atoms with Gasteiger partial charge in [0.15, 0.2) is 0 Å². The first kappa shape index (κ1) is 13.7. The van der Waals surface area contributed by atoms with E-state index in [4.69, 9.17) is 5.11 Å². The lowest BCUT2D eigenvalue weighted by molar-refractivity contribution is 0.228. The summed E-state index contributed by atoms with van der Waals surface area (Å²) in [5, 5.41) is 12.4. The van der Waals surface area contributed by atoms with E-state index in [1.807, 2.05) is 0 Å². The third-order valence-corrected chi connectivity index (χ3v) is 2.39. The summed E-state index contributed by atoms with van der Waals surface area (Å²) in [6.45, 7) is 8.76. The van der Waals surface area contributed by atoms with Gasteiger partial charge in [-0.15, -0.1) is 0 Å². The zero-order chi connectivity index (χ0) is 11.0. The fourth-order valence-electron chi connectivity index (χ4n) is 1.41. The van der Waals surface area contributed by atoms with Gasteiger partial charge in [0.05, 0.1) is 6.61 Å². The molecule has 0 rings (SSSR count). The van der Waals surface area contributed by atoms with E-state index in [9.17, 15) is 0 Å². The van der Waals surface area contributed by atoms with Crippen LogP contribution in [0.2, 0.25) is 0 Å². The van der Waals surface area contributed by atoms with E-state index in [2.05, 4.69) is 39.1 Å². The summed E-state index contributed by atoms with van der Waals surface area (Å²) >= 11 is 0. The van der Waals surface area contributed by atoms with Gasteiger partial charge < -0.3 is 10.4 Å². The van der Waals surface area contributed by atoms with Crippen LogP contribution in [0.4, 0.5) is 0 Å². The molecule has 1 unspecified atom stereocenters. The summed E-state index contributed by atoms with van der Waals surface area (Å²) in [5.41, 5.74) is 1.38. The highest BCUT2D eigenvalue weighted by Crippen LogP contribution is 2.03. The van der Waals surface area contributed by atoms with Crippen LogP contribution in [0.25, 0.3) is 0 Å². The van der Waals surface area contributed by atoms with Gasteiger partial charge in [0.25, 0.3) is 0 Å². The summed E-state index contributed by atoms with van der Waals surface area (Å²) in [5.74, 6) is 0. The molecule has 2 nitrogen and oxygen atoms in total. The Labute approximate surface area is 88.4 Å². The maximum absolute atomic E-state index is 9.01. The quantitative estimate of drug-likeness (QED) is 0.617. The molecule has 2 heteroatoms. The second-order valence-electron chi connectivity index (χ2n) is 4.21. The highest BCUT2D eigenvalue weighted by Gasteiger charge is 2.07. The van der Waals surface area contributed by atoms with Gasteiger partial charge in [0, 0.05) is 12.1 Å². The van der Waals surface area contributed by atoms with Crippen LogP contribution in [-0.4, -0.2) is 23.8 Å². The largest absolute Gasteiger partial charge is 0.395 e. The van der Waals surface area contributed by atoms with Crippen molar-refractivity contribution in [3.63, 3.8) is 0 Å². The number of nitrogens with one attached hydrogen (secondary N) is 1. The molecular formula is C12H25NO. The average molecular weight is 199 g/mol. The number of aliphatic hydroxyl groups excluding tert-OH is 1. The number of hydrogen-bond donors (Lipinski definition) is 2. The Morgan fingerprint density at radius 2 is 2.07 bits per heavy atom. The van der Waals surface area contributed by atoms with Crippen molar-refractivity contribution in [3.8, 4) is 0 Å². The summed E-state index contributed by atoms with van der Waals surface area (Å²) in [7, 11) is 0. The zero-order valence-corrected chi connectivity index (χ0v) is 10.0. The molecule has 0 radical (unpaired) electrons. The summed E-state index contributed by atoms with van der Waals surface area (Å²) < 4.78 is 0. The second-order valence-corrected chi connectivity index (χ2v) is 4.21. The molecule has 84 valence electrons. The Hall–Kier alpha value is -0.340. The van der Waals surface area contributed by atoms with Crippen LogP contribution in [0, 0.1) is 0 Å². The van der Waals surface area contributed by atoms with E-state index in [0.717, 1.165) is 19.3 Å². The van der Waals surface area contributed by atoms with Gasteiger partial charge in [0.1, 0.15) is 0 Å². The van der Waals surface area contributed by atoms with Crippen LogP contribution in [0.15, 0.2) is 11.6 Å². The van der Waals surface area contributed by atoms with E-state index >= 15 is 0 Å². The molecule has 14 heavy (non-hydrogen) atoms. The molecule has 0 bridgehead atoms. The van der Waals surface area contributed by atoms with Crippen LogP contribution < -0.4 is 5.32 Å². The molecule has 0 heterocycles. The first-order valence-electron chi connectivity index (χ1n) is 5.60. The molecule has 0 aliphatic heterocycles. The fraction of sp³-hybridized carbons (Fsp3) is 0.833. The first-order chi connectivity index (χ1) is 6.60. The van der Waals surface area contributed by atoms with Gasteiger partial charge in [-0.25, -0.2) is 0 Å². The second kappa shape index (κ2) is 8.01. The minimum atomic E-state index is 0.240. The Kier molecular flexibility index (Phi) is 7.81. The SMILES string of the molecule is CC[C@H](CO)NC(C)CCC=C(C)C. The van der Waals surface area contributed by atoms with E-state index in [-0.39, 0.29) is 12.6 Å². The molecule has 0 saturated heterocycles. The molecule has 0 aromatic heterocycles. The molecule has 0 aromatic rings. The van der Waals surface area contributed by atoms with Gasteiger partial charge in [-0.2, -0.15) is 0 Å². The van der Waals surface area contributed by atoms with Gasteiger partial charge >= 0.3 is 0 Å². The van der Waals surface area contributed by atoms with E-state index in [0.29, 0.717) is 6.04 Å². The number of hydrogen-bond acceptors (Lipinski definition) is 2. The number of allylic oxidation sites excluding steroid dienone is 2. The highest BCUT2D eigenvalue weighted by molar-refractivity contribution is 4.93. The van der Waals surface area contributed by atoms with Crippen LogP contribution >= 0.6 is 0 Å². The molecule has 0 aliphatic rings. The molecule has 0 spiro atoms. The zero-order valence-electron chi connectivity index (χ0n) is 10.0. The lowest BCUT2D eigenvalue weighted by Crippen LogP contribution is -2.38. The Bertz CT molecular complexity index is 158. The summed E-state index contributed by atoms with van der Waals surface area (Å²) in [6, 6.07) is 0.749. The minimum Gasteiger partial charge on any atom is -0.395 e. The van der Waals surface area contributed by atoms with E-state index in [1.54, 1.807) is 0 Å². The van der Waals surface area contributed by atoms with Crippen molar-refractivity contribution in [1.29, 1.82) is 0 Å². The van der Waals surface area contributed by atoms with Gasteiger partial charge in [-0.3, -0.25) is 0 Å². The Balaban J connectivity index is 3.63. The van der Waals surface area contributed by atoms with Crippen molar-refractivity contribution < 1.29 is 5.11 Å². The van der Waals surface area contributed by atoms with Gasteiger partial charge in [-0.05, 0) is 40.0 Å². The van der Waals surface area contributed by atoms with E-state index < -0.39 is 0 Å². The normalized spacial score (nSPS) is 14.9. The summed E-state index contributed by atoms with van der Waals surface area (Å²) in [6.07, 6.45) is 5.52. The minimum absolute atomic E-state index is 0.240. The third-order valence-electron chi connectivity index (χ3n) is 2.39. The van der Waals surface area contributed by atoms with E-state index in [1.165, 1.54) is 5.57 Å².